The van der Waals surface area contributed by atoms with Crippen LogP contribution in [-0.2, 0) is 10.9 Å². The van der Waals surface area contributed by atoms with Crippen LogP contribution >= 0.6 is 11.6 Å². The lowest BCUT2D eigenvalue weighted by Crippen LogP contribution is -2.07. The van der Waals surface area contributed by atoms with E-state index in [1.165, 1.54) is 12.1 Å². The normalized spacial score (nSPS) is 11.4. The zero-order valence-electron chi connectivity index (χ0n) is 14.2. The Labute approximate surface area is 158 Å². The second-order valence-corrected chi connectivity index (χ2v) is 6.13. The molecule has 0 fully saturated rings. The molecule has 1 heterocycles. The maximum absolute atomic E-state index is 12.8. The fourth-order valence-electron chi connectivity index (χ4n) is 2.78. The third-order valence-electron chi connectivity index (χ3n) is 4.02. The molecule has 27 heavy (non-hydrogen) atoms. The molecule has 3 aromatic rings. The van der Waals surface area contributed by atoms with Crippen LogP contribution < -0.4 is 0 Å². The highest BCUT2D eigenvalue weighted by atomic mass is 35.5. The highest BCUT2D eigenvalue weighted by Crippen LogP contribution is 2.37. The van der Waals surface area contributed by atoms with Crippen molar-refractivity contribution in [1.82, 2.24) is 4.98 Å². The molecule has 0 amide bonds. The largest absolute Gasteiger partial charge is 0.462 e. The molecule has 1 N–H and O–H groups in total. The summed E-state index contributed by atoms with van der Waals surface area (Å²) in [6.45, 7) is 1.84. The molecule has 0 saturated heterocycles. The van der Waals surface area contributed by atoms with E-state index in [1.54, 1.807) is 37.4 Å². The first-order chi connectivity index (χ1) is 12.8. The predicted molar refractivity (Wildman–Crippen MR) is 97.6 cm³/mol. The van der Waals surface area contributed by atoms with Crippen molar-refractivity contribution in [3.8, 4) is 22.4 Å². The SMILES string of the molecule is CCOC(=O)c1c(-c2ccccc2Cl)c[nH]c1-c1ccc(C(F)(F)F)cc1. The average Bonchev–Trinajstić information content (AvgIpc) is 3.06. The number of aromatic amines is 1. The van der Waals surface area contributed by atoms with E-state index >= 15 is 0 Å². The van der Waals surface area contributed by atoms with Gasteiger partial charge < -0.3 is 9.72 Å². The molecule has 7 heteroatoms. The van der Waals surface area contributed by atoms with E-state index in [-0.39, 0.29) is 12.2 Å². The van der Waals surface area contributed by atoms with E-state index in [9.17, 15) is 18.0 Å². The number of rotatable bonds is 4. The van der Waals surface area contributed by atoms with Crippen LogP contribution in [0.3, 0.4) is 0 Å². The van der Waals surface area contributed by atoms with Gasteiger partial charge in [-0.3, -0.25) is 0 Å². The quantitative estimate of drug-likeness (QED) is 0.536. The topological polar surface area (TPSA) is 42.1 Å². The van der Waals surface area contributed by atoms with Gasteiger partial charge in [0.05, 0.1) is 23.4 Å². The number of halogens is 4. The number of carbonyl (C=O) groups is 1. The Kier molecular flexibility index (Phi) is 5.28. The number of benzene rings is 2. The molecular formula is C20H15ClF3NO2. The van der Waals surface area contributed by atoms with Crippen molar-refractivity contribution < 1.29 is 22.7 Å². The first-order valence-corrected chi connectivity index (χ1v) is 8.51. The zero-order valence-corrected chi connectivity index (χ0v) is 15.0. The maximum atomic E-state index is 12.8. The molecule has 0 aliphatic carbocycles. The summed E-state index contributed by atoms with van der Waals surface area (Å²) in [7, 11) is 0. The van der Waals surface area contributed by atoms with Crippen molar-refractivity contribution in [2.24, 2.45) is 0 Å². The standard InChI is InChI=1S/C20H15ClF3NO2/c1-2-27-19(26)17-15(14-5-3-4-6-16(14)21)11-25-18(17)12-7-9-13(10-8-12)20(22,23)24/h3-11,25H,2H2,1H3. The minimum atomic E-state index is -4.43. The molecule has 0 unspecified atom stereocenters. The van der Waals surface area contributed by atoms with Gasteiger partial charge in [0.1, 0.15) is 0 Å². The van der Waals surface area contributed by atoms with Gasteiger partial charge in [0, 0.05) is 22.3 Å². The van der Waals surface area contributed by atoms with Gasteiger partial charge in [-0.15, -0.1) is 0 Å². The molecule has 1 aromatic heterocycles. The van der Waals surface area contributed by atoms with E-state index in [2.05, 4.69) is 4.98 Å². The number of esters is 1. The Balaban J connectivity index is 2.14. The van der Waals surface area contributed by atoms with Crippen LogP contribution in [-0.4, -0.2) is 17.6 Å². The van der Waals surface area contributed by atoms with E-state index in [1.807, 2.05) is 0 Å². The van der Waals surface area contributed by atoms with Crippen molar-refractivity contribution in [1.29, 1.82) is 0 Å². The molecule has 0 aliphatic rings. The molecule has 2 aromatic carbocycles. The summed E-state index contributed by atoms with van der Waals surface area (Å²) in [4.78, 5) is 15.5. The Bertz CT molecular complexity index is 962. The lowest BCUT2D eigenvalue weighted by atomic mass is 9.99. The van der Waals surface area contributed by atoms with Crippen LogP contribution in [0.5, 0.6) is 0 Å². The Morgan fingerprint density at radius 3 is 2.33 bits per heavy atom. The molecule has 0 bridgehead atoms. The van der Waals surface area contributed by atoms with Crippen LogP contribution in [0.4, 0.5) is 13.2 Å². The second-order valence-electron chi connectivity index (χ2n) is 5.73. The smallest absolute Gasteiger partial charge is 0.416 e. The third-order valence-corrected chi connectivity index (χ3v) is 4.35. The fraction of sp³-hybridized carbons (Fsp3) is 0.150. The van der Waals surface area contributed by atoms with Gasteiger partial charge in [-0.25, -0.2) is 4.79 Å². The first-order valence-electron chi connectivity index (χ1n) is 8.14. The highest BCUT2D eigenvalue weighted by Gasteiger charge is 2.30. The molecule has 3 rings (SSSR count). The fourth-order valence-corrected chi connectivity index (χ4v) is 3.02. The number of alkyl halides is 3. The van der Waals surface area contributed by atoms with Crippen molar-refractivity contribution in [2.45, 2.75) is 13.1 Å². The Morgan fingerprint density at radius 1 is 1.07 bits per heavy atom. The van der Waals surface area contributed by atoms with Crippen molar-refractivity contribution in [2.75, 3.05) is 6.61 Å². The van der Waals surface area contributed by atoms with Crippen LogP contribution in [0.15, 0.2) is 54.7 Å². The van der Waals surface area contributed by atoms with Gasteiger partial charge in [0.15, 0.2) is 0 Å². The van der Waals surface area contributed by atoms with Crippen LogP contribution in [0, 0.1) is 0 Å². The van der Waals surface area contributed by atoms with Gasteiger partial charge in [0.25, 0.3) is 0 Å². The lowest BCUT2D eigenvalue weighted by molar-refractivity contribution is -0.137. The predicted octanol–water partition coefficient (Wildman–Crippen LogP) is 6.20. The van der Waals surface area contributed by atoms with Crippen LogP contribution in [0.25, 0.3) is 22.4 Å². The molecule has 0 saturated carbocycles. The molecule has 0 spiro atoms. The van der Waals surface area contributed by atoms with Gasteiger partial charge in [-0.2, -0.15) is 13.2 Å². The van der Waals surface area contributed by atoms with E-state index in [0.29, 0.717) is 27.4 Å². The Morgan fingerprint density at radius 2 is 1.74 bits per heavy atom. The lowest BCUT2D eigenvalue weighted by Gasteiger charge is -2.10. The molecule has 0 aliphatic heterocycles. The first kappa shape index (κ1) is 19.0. The van der Waals surface area contributed by atoms with E-state index in [4.69, 9.17) is 16.3 Å². The van der Waals surface area contributed by atoms with Crippen molar-refractivity contribution in [3.63, 3.8) is 0 Å². The van der Waals surface area contributed by atoms with Crippen molar-refractivity contribution >= 4 is 17.6 Å². The second kappa shape index (κ2) is 7.48. The average molecular weight is 394 g/mol. The molecule has 140 valence electrons. The summed E-state index contributed by atoms with van der Waals surface area (Å²) < 4.78 is 43.6. The number of hydrogen-bond acceptors (Lipinski definition) is 2. The number of carbonyl (C=O) groups excluding carboxylic acids is 1. The zero-order chi connectivity index (χ0) is 19.6. The maximum Gasteiger partial charge on any atom is 0.416 e. The Hall–Kier alpha value is -2.73. The minimum absolute atomic E-state index is 0.165. The van der Waals surface area contributed by atoms with Gasteiger partial charge >= 0.3 is 12.1 Å². The molecule has 3 nitrogen and oxygen atoms in total. The third kappa shape index (κ3) is 3.85. The van der Waals surface area contributed by atoms with Crippen molar-refractivity contribution in [3.05, 3.63) is 70.9 Å². The van der Waals surface area contributed by atoms with Crippen LogP contribution in [0.1, 0.15) is 22.8 Å². The number of nitrogens with one attached hydrogen (secondary N) is 1. The van der Waals surface area contributed by atoms with Gasteiger partial charge in [-0.1, -0.05) is 41.9 Å². The highest BCUT2D eigenvalue weighted by molar-refractivity contribution is 6.33. The van der Waals surface area contributed by atoms with Gasteiger partial charge in [-0.05, 0) is 30.7 Å². The molecule has 0 atom stereocenters. The number of ether oxygens (including phenoxy) is 1. The summed E-state index contributed by atoms with van der Waals surface area (Å²) in [6, 6.07) is 11.6. The summed E-state index contributed by atoms with van der Waals surface area (Å²) in [6.07, 6.45) is -2.83. The van der Waals surface area contributed by atoms with E-state index in [0.717, 1.165) is 12.1 Å². The number of aromatic nitrogens is 1. The van der Waals surface area contributed by atoms with Crippen LogP contribution in [0.2, 0.25) is 5.02 Å². The summed E-state index contributed by atoms with van der Waals surface area (Å²) >= 11 is 6.25. The summed E-state index contributed by atoms with van der Waals surface area (Å²) in [5.74, 6) is -0.580. The minimum Gasteiger partial charge on any atom is -0.462 e. The monoisotopic (exact) mass is 393 g/mol. The number of hydrogen-bond donors (Lipinski definition) is 1. The summed E-state index contributed by atoms with van der Waals surface area (Å²) in [5.41, 5.74) is 1.42. The molecule has 0 radical (unpaired) electrons. The summed E-state index contributed by atoms with van der Waals surface area (Å²) in [5, 5.41) is 0.445. The number of H-pyrrole nitrogens is 1. The molecular weight excluding hydrogens is 379 g/mol. The van der Waals surface area contributed by atoms with Gasteiger partial charge in [0.2, 0.25) is 0 Å². The van der Waals surface area contributed by atoms with E-state index < -0.39 is 17.7 Å².